The Kier molecular flexibility index (Phi) is 3.65. The van der Waals surface area contributed by atoms with Gasteiger partial charge < -0.3 is 10.5 Å². The van der Waals surface area contributed by atoms with Crippen LogP contribution in [-0.2, 0) is 6.61 Å². The summed E-state index contributed by atoms with van der Waals surface area (Å²) in [4.78, 5) is 4.20. The van der Waals surface area contributed by atoms with Gasteiger partial charge in [0.2, 0.25) is 0 Å². The third-order valence-electron chi connectivity index (χ3n) is 2.05. The third-order valence-corrected chi connectivity index (χ3v) is 3.04. The summed E-state index contributed by atoms with van der Waals surface area (Å²) in [6.45, 7) is 0.251. The van der Waals surface area contributed by atoms with Gasteiger partial charge in [-0.25, -0.2) is 9.37 Å². The molecule has 2 rings (SSSR count). The molecule has 0 saturated carbocycles. The van der Waals surface area contributed by atoms with E-state index in [4.69, 9.17) is 22.7 Å². The molecule has 3 nitrogen and oxygen atoms in total. The number of nitrogens with two attached hydrogens (primary N) is 1. The van der Waals surface area contributed by atoms with Crippen LogP contribution in [0.1, 0.15) is 10.6 Å². The molecule has 1 aromatic heterocycles. The van der Waals surface area contributed by atoms with Gasteiger partial charge in [-0.1, -0.05) is 12.2 Å². The molecule has 2 N–H and O–H groups in total. The quantitative estimate of drug-likeness (QED) is 0.866. The first-order valence-electron chi connectivity index (χ1n) is 4.77. The number of nitrogens with zero attached hydrogens (tertiary/aromatic N) is 1. The molecule has 0 saturated heterocycles. The zero-order valence-electron chi connectivity index (χ0n) is 8.72. The van der Waals surface area contributed by atoms with Gasteiger partial charge in [0.05, 0.1) is 0 Å². The van der Waals surface area contributed by atoms with Crippen LogP contribution in [0.25, 0.3) is 0 Å². The lowest BCUT2D eigenvalue weighted by atomic mass is 10.2. The molecule has 0 aliphatic carbocycles. The minimum atomic E-state index is -0.480. The Morgan fingerprint density at radius 3 is 2.94 bits per heavy atom. The van der Waals surface area contributed by atoms with Crippen molar-refractivity contribution in [2.45, 2.75) is 6.61 Å². The molecule has 0 unspecified atom stereocenters. The van der Waals surface area contributed by atoms with Gasteiger partial charge in [0, 0.05) is 17.1 Å². The predicted molar refractivity (Wildman–Crippen MR) is 68.7 cm³/mol. The van der Waals surface area contributed by atoms with E-state index < -0.39 is 5.82 Å². The zero-order valence-corrected chi connectivity index (χ0v) is 10.4. The third kappa shape index (κ3) is 2.98. The number of thiocarbonyl (C=S) groups is 1. The first-order chi connectivity index (χ1) is 8.16. The summed E-state index contributed by atoms with van der Waals surface area (Å²) in [5.41, 5.74) is 5.88. The zero-order chi connectivity index (χ0) is 12.3. The molecule has 17 heavy (non-hydrogen) atoms. The van der Waals surface area contributed by atoms with Crippen molar-refractivity contribution in [1.82, 2.24) is 4.98 Å². The van der Waals surface area contributed by atoms with Gasteiger partial charge in [0.25, 0.3) is 0 Å². The lowest BCUT2D eigenvalue weighted by Gasteiger charge is -2.06. The van der Waals surface area contributed by atoms with E-state index in [9.17, 15) is 4.39 Å². The van der Waals surface area contributed by atoms with Crippen LogP contribution in [0.2, 0.25) is 0 Å². The molecule has 0 bridgehead atoms. The van der Waals surface area contributed by atoms with Crippen molar-refractivity contribution in [3.8, 4) is 5.75 Å². The van der Waals surface area contributed by atoms with Crippen molar-refractivity contribution in [2.24, 2.45) is 5.73 Å². The summed E-state index contributed by atoms with van der Waals surface area (Å²) in [6, 6.07) is 4.40. The fraction of sp³-hybridized carbons (Fsp3) is 0.0909. The standard InChI is InChI=1S/C11H9FN2OS2/c12-8-5-7(11(13)16)1-2-9(8)15-6-10-14-3-4-17-10/h1-5H,6H2,(H2,13,16). The number of hydrogen-bond acceptors (Lipinski definition) is 4. The maximum Gasteiger partial charge on any atom is 0.165 e. The highest BCUT2D eigenvalue weighted by molar-refractivity contribution is 7.80. The van der Waals surface area contributed by atoms with E-state index in [1.165, 1.54) is 23.5 Å². The average Bonchev–Trinajstić information content (AvgIpc) is 2.80. The summed E-state index contributed by atoms with van der Waals surface area (Å²) in [7, 11) is 0. The van der Waals surface area contributed by atoms with Crippen molar-refractivity contribution in [2.75, 3.05) is 0 Å². The number of thiazole rings is 1. The molecule has 1 aromatic carbocycles. The Balaban J connectivity index is 2.09. The van der Waals surface area contributed by atoms with Gasteiger partial charge in [-0.3, -0.25) is 0 Å². The Morgan fingerprint density at radius 1 is 1.53 bits per heavy atom. The van der Waals surface area contributed by atoms with Crippen LogP contribution < -0.4 is 10.5 Å². The molecule has 0 radical (unpaired) electrons. The van der Waals surface area contributed by atoms with E-state index >= 15 is 0 Å². The van der Waals surface area contributed by atoms with Gasteiger partial charge in [0.1, 0.15) is 16.6 Å². The maximum atomic E-state index is 13.6. The van der Waals surface area contributed by atoms with Crippen molar-refractivity contribution < 1.29 is 9.13 Å². The first-order valence-corrected chi connectivity index (χ1v) is 6.06. The predicted octanol–water partition coefficient (Wildman–Crippen LogP) is 2.50. The summed E-state index contributed by atoms with van der Waals surface area (Å²) >= 11 is 6.21. The highest BCUT2D eigenvalue weighted by atomic mass is 32.1. The highest BCUT2D eigenvalue weighted by Crippen LogP contribution is 2.20. The number of benzene rings is 1. The Morgan fingerprint density at radius 2 is 2.35 bits per heavy atom. The first kappa shape index (κ1) is 11.9. The fourth-order valence-electron chi connectivity index (χ4n) is 1.23. The van der Waals surface area contributed by atoms with Crippen LogP contribution >= 0.6 is 23.6 Å². The number of ether oxygens (including phenoxy) is 1. The van der Waals surface area contributed by atoms with Gasteiger partial charge in [-0.2, -0.15) is 0 Å². The van der Waals surface area contributed by atoms with E-state index in [1.807, 2.05) is 5.38 Å². The van der Waals surface area contributed by atoms with E-state index in [1.54, 1.807) is 12.3 Å². The van der Waals surface area contributed by atoms with E-state index in [-0.39, 0.29) is 17.3 Å². The SMILES string of the molecule is NC(=S)c1ccc(OCc2nccs2)c(F)c1. The van der Waals surface area contributed by atoms with Gasteiger partial charge >= 0.3 is 0 Å². The van der Waals surface area contributed by atoms with Crippen LogP contribution in [0.5, 0.6) is 5.75 Å². The monoisotopic (exact) mass is 268 g/mol. The molecule has 1 heterocycles. The van der Waals surface area contributed by atoms with Crippen LogP contribution in [-0.4, -0.2) is 9.97 Å². The van der Waals surface area contributed by atoms with Crippen molar-refractivity contribution in [3.05, 3.63) is 46.2 Å². The molecule has 2 aromatic rings. The molecule has 88 valence electrons. The lowest BCUT2D eigenvalue weighted by Crippen LogP contribution is -2.09. The minimum absolute atomic E-state index is 0.162. The molecule has 0 atom stereocenters. The molecular formula is C11H9FN2OS2. The second-order valence-corrected chi connectivity index (χ2v) is 4.64. The maximum absolute atomic E-state index is 13.6. The van der Waals surface area contributed by atoms with Crippen LogP contribution in [0.3, 0.4) is 0 Å². The normalized spacial score (nSPS) is 10.2. The van der Waals surface area contributed by atoms with E-state index in [0.717, 1.165) is 5.01 Å². The Hall–Kier alpha value is -1.53. The molecule has 0 amide bonds. The number of aromatic nitrogens is 1. The van der Waals surface area contributed by atoms with E-state index in [2.05, 4.69) is 4.98 Å². The van der Waals surface area contributed by atoms with Crippen LogP contribution in [0, 0.1) is 5.82 Å². The average molecular weight is 268 g/mol. The summed E-state index contributed by atoms with van der Waals surface area (Å²) < 4.78 is 18.9. The van der Waals surface area contributed by atoms with Gasteiger partial charge in [-0.15, -0.1) is 11.3 Å². The number of hydrogen-bond donors (Lipinski definition) is 1. The lowest BCUT2D eigenvalue weighted by molar-refractivity contribution is 0.289. The molecule has 0 spiro atoms. The summed E-state index contributed by atoms with van der Waals surface area (Å²) in [5, 5.41) is 2.63. The van der Waals surface area contributed by atoms with Crippen molar-refractivity contribution >= 4 is 28.5 Å². The van der Waals surface area contributed by atoms with Crippen LogP contribution in [0.4, 0.5) is 4.39 Å². The second kappa shape index (κ2) is 5.20. The van der Waals surface area contributed by atoms with Crippen molar-refractivity contribution in [1.29, 1.82) is 0 Å². The minimum Gasteiger partial charge on any atom is -0.483 e. The molecule has 0 aliphatic heterocycles. The van der Waals surface area contributed by atoms with Crippen molar-refractivity contribution in [3.63, 3.8) is 0 Å². The van der Waals surface area contributed by atoms with Crippen LogP contribution in [0.15, 0.2) is 29.8 Å². The van der Waals surface area contributed by atoms with E-state index in [0.29, 0.717) is 5.56 Å². The topological polar surface area (TPSA) is 48.1 Å². The van der Waals surface area contributed by atoms with Gasteiger partial charge in [-0.05, 0) is 18.2 Å². The summed E-state index contributed by atoms with van der Waals surface area (Å²) in [6.07, 6.45) is 1.68. The number of halogens is 1. The summed E-state index contributed by atoms with van der Waals surface area (Å²) in [5.74, 6) is -0.313. The largest absolute Gasteiger partial charge is 0.483 e. The Bertz CT molecular complexity index is 528. The molecule has 6 heteroatoms. The fourth-order valence-corrected chi connectivity index (χ4v) is 1.89. The Labute approximate surface area is 107 Å². The highest BCUT2D eigenvalue weighted by Gasteiger charge is 2.07. The molecule has 0 fully saturated rings. The molecule has 0 aliphatic rings. The second-order valence-electron chi connectivity index (χ2n) is 3.22. The van der Waals surface area contributed by atoms with Gasteiger partial charge in [0.15, 0.2) is 11.6 Å². The smallest absolute Gasteiger partial charge is 0.165 e. The number of rotatable bonds is 4. The molecular weight excluding hydrogens is 259 g/mol.